The van der Waals surface area contributed by atoms with Gasteiger partial charge >= 0.3 is 5.63 Å². The zero-order valence-corrected chi connectivity index (χ0v) is 21.1. The fourth-order valence-corrected chi connectivity index (χ4v) is 5.96. The van der Waals surface area contributed by atoms with Gasteiger partial charge in [-0.3, -0.25) is 14.5 Å². The van der Waals surface area contributed by atoms with Gasteiger partial charge in [0.25, 0.3) is 11.8 Å². The summed E-state index contributed by atoms with van der Waals surface area (Å²) in [5.41, 5.74) is 2.49. The van der Waals surface area contributed by atoms with Gasteiger partial charge in [0.1, 0.15) is 28.8 Å². The highest BCUT2D eigenvalue weighted by Gasteiger charge is 2.49. The molecule has 4 heterocycles. The minimum Gasteiger partial charge on any atom is -0.461 e. The highest BCUT2D eigenvalue weighted by Crippen LogP contribution is 2.50. The molecular formula is C31H21FN2O6. The second-order valence-electron chi connectivity index (χ2n) is 10.3. The molecule has 2 amide bonds. The highest BCUT2D eigenvalue weighted by atomic mass is 19.1. The van der Waals surface area contributed by atoms with Crippen molar-refractivity contribution in [2.45, 2.75) is 37.6 Å². The maximum atomic E-state index is 14.3. The van der Waals surface area contributed by atoms with Crippen LogP contribution in [-0.2, 0) is 11.2 Å². The van der Waals surface area contributed by atoms with Crippen LogP contribution >= 0.6 is 0 Å². The summed E-state index contributed by atoms with van der Waals surface area (Å²) < 4.78 is 32.7. The van der Waals surface area contributed by atoms with E-state index >= 15 is 0 Å². The van der Waals surface area contributed by atoms with Gasteiger partial charge < -0.3 is 13.9 Å². The summed E-state index contributed by atoms with van der Waals surface area (Å²) >= 11 is 0. The summed E-state index contributed by atoms with van der Waals surface area (Å²) in [6.07, 6.45) is 0.836. The molecule has 1 aromatic heterocycles. The number of hydrogen-bond donors (Lipinski definition) is 0. The van der Waals surface area contributed by atoms with E-state index < -0.39 is 23.3 Å². The summed E-state index contributed by atoms with van der Waals surface area (Å²) in [6, 6.07) is 18.0. The summed E-state index contributed by atoms with van der Waals surface area (Å²) in [5, 5.41) is 9.79. The molecule has 0 saturated carbocycles. The number of ether oxygens (including phenoxy) is 2. The Morgan fingerprint density at radius 3 is 2.52 bits per heavy atom. The zero-order valence-electron chi connectivity index (χ0n) is 21.1. The molecule has 0 unspecified atom stereocenters. The van der Waals surface area contributed by atoms with Gasteiger partial charge in [0.15, 0.2) is 0 Å². The molecule has 9 heteroatoms. The van der Waals surface area contributed by atoms with Crippen LogP contribution in [0.25, 0.3) is 11.0 Å². The summed E-state index contributed by atoms with van der Waals surface area (Å²) in [5.74, 6) is -2.12. The predicted molar refractivity (Wildman–Crippen MR) is 139 cm³/mol. The molecule has 0 N–H and O–H groups in total. The summed E-state index contributed by atoms with van der Waals surface area (Å²) in [4.78, 5) is 39.9. The number of unbranched alkanes of at least 4 members (excludes halogenated alkanes) is 1. The number of imide groups is 1. The van der Waals surface area contributed by atoms with Crippen molar-refractivity contribution in [2.24, 2.45) is 0 Å². The van der Waals surface area contributed by atoms with Gasteiger partial charge in [0, 0.05) is 19.4 Å². The van der Waals surface area contributed by atoms with Gasteiger partial charge in [-0.25, -0.2) is 9.18 Å². The zero-order chi connectivity index (χ0) is 27.6. The molecule has 7 rings (SSSR count). The maximum Gasteiger partial charge on any atom is 0.346 e. The van der Waals surface area contributed by atoms with Gasteiger partial charge in [0.05, 0.1) is 28.1 Å². The molecule has 0 saturated heterocycles. The molecule has 3 aliphatic heterocycles. The van der Waals surface area contributed by atoms with Crippen LogP contribution in [0.3, 0.4) is 0 Å². The lowest BCUT2D eigenvalue weighted by Gasteiger charge is -2.46. The standard InChI is InChI=1S/C31H21FN2O6/c32-19-8-10-24-23(14-19)27-25(30(37)38-24)26-20-9-7-17(16-33)13-18(20)15-31(39-26,40-27)11-3-4-12-34-28(35)21-5-1-2-6-22(21)29(34)36/h1-2,5-10,13-14,26H,3-4,11-12,15H2/t26-,31-/m0/s1. The molecule has 0 spiro atoms. The first-order valence-corrected chi connectivity index (χ1v) is 13.0. The van der Waals surface area contributed by atoms with Crippen molar-refractivity contribution in [1.82, 2.24) is 4.90 Å². The minimum absolute atomic E-state index is 0.144. The van der Waals surface area contributed by atoms with E-state index in [1.807, 2.05) is 0 Å². The summed E-state index contributed by atoms with van der Waals surface area (Å²) in [6.45, 7) is 0.231. The molecule has 40 heavy (non-hydrogen) atoms. The molecule has 198 valence electrons. The fourth-order valence-electron chi connectivity index (χ4n) is 5.96. The van der Waals surface area contributed by atoms with Crippen molar-refractivity contribution < 1.29 is 27.9 Å². The molecule has 0 fully saturated rings. The smallest absolute Gasteiger partial charge is 0.346 e. The highest BCUT2D eigenvalue weighted by molar-refractivity contribution is 6.21. The van der Waals surface area contributed by atoms with Crippen LogP contribution in [0.4, 0.5) is 4.39 Å². The number of nitrogens with zero attached hydrogens (tertiary/aromatic N) is 2. The van der Waals surface area contributed by atoms with Crippen molar-refractivity contribution in [1.29, 1.82) is 5.26 Å². The third kappa shape index (κ3) is 3.64. The van der Waals surface area contributed by atoms with Gasteiger partial charge in [-0.05, 0) is 66.4 Å². The number of halogens is 1. The molecular weight excluding hydrogens is 515 g/mol. The van der Waals surface area contributed by atoms with E-state index in [1.54, 1.807) is 42.5 Å². The van der Waals surface area contributed by atoms with Gasteiger partial charge in [0.2, 0.25) is 5.79 Å². The lowest BCUT2D eigenvalue weighted by Crippen LogP contribution is -2.50. The molecule has 3 aromatic carbocycles. The van der Waals surface area contributed by atoms with Gasteiger partial charge in [-0.2, -0.15) is 5.26 Å². The topological polar surface area (TPSA) is 110 Å². The molecule has 8 nitrogen and oxygen atoms in total. The van der Waals surface area contributed by atoms with Crippen LogP contribution in [0.15, 0.2) is 69.9 Å². The predicted octanol–water partition coefficient (Wildman–Crippen LogP) is 5.02. The number of carbonyl (C=O) groups is 2. The van der Waals surface area contributed by atoms with E-state index in [1.165, 1.54) is 23.1 Å². The Balaban J connectivity index is 1.21. The second kappa shape index (κ2) is 8.86. The quantitative estimate of drug-likeness (QED) is 0.200. The van der Waals surface area contributed by atoms with Crippen molar-refractivity contribution in [3.63, 3.8) is 0 Å². The van der Waals surface area contributed by atoms with Crippen molar-refractivity contribution in [2.75, 3.05) is 6.54 Å². The van der Waals surface area contributed by atoms with E-state index in [2.05, 4.69) is 6.07 Å². The van der Waals surface area contributed by atoms with Crippen LogP contribution in [0.1, 0.15) is 68.3 Å². The lowest BCUT2D eigenvalue weighted by molar-refractivity contribution is -0.232. The molecule has 3 aliphatic rings. The average Bonchev–Trinajstić information content (AvgIpc) is 3.20. The van der Waals surface area contributed by atoms with E-state index in [0.29, 0.717) is 46.9 Å². The number of benzene rings is 3. The largest absolute Gasteiger partial charge is 0.461 e. The Bertz CT molecular complexity index is 1820. The van der Waals surface area contributed by atoms with E-state index in [4.69, 9.17) is 13.9 Å². The lowest BCUT2D eigenvalue weighted by atomic mass is 9.84. The Morgan fingerprint density at radius 1 is 1.00 bits per heavy atom. The molecule has 0 aliphatic carbocycles. The third-order valence-corrected chi connectivity index (χ3v) is 7.82. The maximum absolute atomic E-state index is 14.3. The first kappa shape index (κ1) is 24.2. The third-order valence-electron chi connectivity index (χ3n) is 7.82. The van der Waals surface area contributed by atoms with Crippen molar-refractivity contribution in [3.05, 3.63) is 110 Å². The van der Waals surface area contributed by atoms with Crippen LogP contribution in [0.5, 0.6) is 5.75 Å². The Hall–Kier alpha value is -4.81. The van der Waals surface area contributed by atoms with Crippen LogP contribution in [0, 0.1) is 17.1 Å². The SMILES string of the molecule is N#Cc1ccc2c(c1)C[C@]1(CCCCN3C(=O)c4ccccc4C3=O)Oc3c(c(=O)oc4ccc(F)cc34)[C@H]2O1. The Kier molecular flexibility index (Phi) is 5.37. The summed E-state index contributed by atoms with van der Waals surface area (Å²) in [7, 11) is 0. The van der Waals surface area contributed by atoms with E-state index in [-0.39, 0.29) is 41.7 Å². The monoisotopic (exact) mass is 536 g/mol. The number of nitriles is 1. The van der Waals surface area contributed by atoms with Crippen LogP contribution in [0.2, 0.25) is 0 Å². The van der Waals surface area contributed by atoms with Crippen molar-refractivity contribution >= 4 is 22.8 Å². The number of amides is 2. The molecule has 2 atom stereocenters. The average molecular weight is 537 g/mol. The Labute approximate surface area is 227 Å². The van der Waals surface area contributed by atoms with Gasteiger partial charge in [-0.15, -0.1) is 0 Å². The first-order chi connectivity index (χ1) is 19.4. The second-order valence-corrected chi connectivity index (χ2v) is 10.3. The number of carbonyl (C=O) groups excluding carboxylic acids is 2. The van der Waals surface area contributed by atoms with E-state index in [9.17, 15) is 24.0 Å². The van der Waals surface area contributed by atoms with Crippen LogP contribution < -0.4 is 10.4 Å². The molecule has 2 bridgehead atoms. The number of hydrogen-bond acceptors (Lipinski definition) is 7. The van der Waals surface area contributed by atoms with Crippen LogP contribution in [-0.4, -0.2) is 29.0 Å². The number of rotatable bonds is 5. The van der Waals surface area contributed by atoms with Crippen molar-refractivity contribution in [3.8, 4) is 11.8 Å². The minimum atomic E-state index is -1.21. The number of fused-ring (bicyclic) bond motifs is 9. The first-order valence-electron chi connectivity index (χ1n) is 13.0. The fraction of sp³-hybridized carbons (Fsp3) is 0.226. The molecule has 4 aromatic rings. The van der Waals surface area contributed by atoms with E-state index in [0.717, 1.165) is 5.56 Å². The Morgan fingerprint density at radius 2 is 1.77 bits per heavy atom. The molecule has 0 radical (unpaired) electrons. The van der Waals surface area contributed by atoms with Gasteiger partial charge in [-0.1, -0.05) is 18.2 Å². The normalized spacial score (nSPS) is 20.5.